The van der Waals surface area contributed by atoms with Crippen molar-refractivity contribution in [2.45, 2.75) is 13.8 Å². The average molecular weight is 440 g/mol. The Morgan fingerprint density at radius 1 is 1.17 bits per heavy atom. The number of carbonyl (C=O) groups is 1. The standard InChI is InChI=1S/C17H17IN2O2S/c1-11-8-13(9-12(2)16(11)18)19-17(23)20-15(21)10-22-14-6-4-3-5-7-14/h3-9H,10H2,1-2H3,(H2,19,20,21,23). The van der Waals surface area contributed by atoms with Crippen LogP contribution in [-0.4, -0.2) is 17.6 Å². The van der Waals surface area contributed by atoms with E-state index in [1.807, 2.05) is 44.2 Å². The molecule has 0 heterocycles. The Balaban J connectivity index is 1.86. The zero-order chi connectivity index (χ0) is 16.8. The van der Waals surface area contributed by atoms with Gasteiger partial charge in [0.05, 0.1) is 0 Å². The van der Waals surface area contributed by atoms with Crippen molar-refractivity contribution in [1.29, 1.82) is 0 Å². The molecule has 0 unspecified atom stereocenters. The van der Waals surface area contributed by atoms with Crippen LogP contribution in [0.25, 0.3) is 0 Å². The number of hydrogen-bond donors (Lipinski definition) is 2. The van der Waals surface area contributed by atoms with Crippen LogP contribution in [0.1, 0.15) is 11.1 Å². The minimum absolute atomic E-state index is 0.0867. The van der Waals surface area contributed by atoms with Gasteiger partial charge >= 0.3 is 0 Å². The van der Waals surface area contributed by atoms with Gasteiger partial charge in [0.25, 0.3) is 5.91 Å². The Hall–Kier alpha value is -1.67. The van der Waals surface area contributed by atoms with Crippen LogP contribution in [0.15, 0.2) is 42.5 Å². The molecule has 0 aliphatic carbocycles. The first-order chi connectivity index (χ1) is 11.0. The summed E-state index contributed by atoms with van der Waals surface area (Å²) in [5.41, 5.74) is 3.18. The van der Waals surface area contributed by atoms with Crippen molar-refractivity contribution >= 4 is 51.5 Å². The van der Waals surface area contributed by atoms with Crippen LogP contribution in [0.2, 0.25) is 0 Å². The van der Waals surface area contributed by atoms with Gasteiger partial charge in [-0.25, -0.2) is 0 Å². The zero-order valence-electron chi connectivity index (χ0n) is 12.9. The van der Waals surface area contributed by atoms with E-state index in [-0.39, 0.29) is 17.6 Å². The highest BCUT2D eigenvalue weighted by Crippen LogP contribution is 2.21. The number of ether oxygens (including phenoxy) is 1. The number of halogens is 1. The monoisotopic (exact) mass is 440 g/mol. The largest absolute Gasteiger partial charge is 0.484 e. The molecule has 2 N–H and O–H groups in total. The number of carbonyl (C=O) groups excluding carboxylic acids is 1. The van der Waals surface area contributed by atoms with Gasteiger partial charge in [-0.15, -0.1) is 0 Å². The zero-order valence-corrected chi connectivity index (χ0v) is 15.8. The number of para-hydroxylation sites is 1. The molecule has 0 aromatic heterocycles. The van der Waals surface area contributed by atoms with Gasteiger partial charge in [0, 0.05) is 9.26 Å². The number of amides is 1. The first-order valence-electron chi connectivity index (χ1n) is 7.01. The number of aryl methyl sites for hydroxylation is 2. The summed E-state index contributed by atoms with van der Waals surface area (Å²) in [6.07, 6.45) is 0. The fourth-order valence-corrected chi connectivity index (χ4v) is 2.55. The molecule has 2 rings (SSSR count). The van der Waals surface area contributed by atoms with E-state index >= 15 is 0 Å². The van der Waals surface area contributed by atoms with Crippen molar-refractivity contribution in [1.82, 2.24) is 5.32 Å². The van der Waals surface area contributed by atoms with Gasteiger partial charge in [0.15, 0.2) is 11.7 Å². The van der Waals surface area contributed by atoms with Crippen molar-refractivity contribution in [2.75, 3.05) is 11.9 Å². The highest BCUT2D eigenvalue weighted by Gasteiger charge is 2.08. The third-order valence-electron chi connectivity index (χ3n) is 3.06. The molecule has 2 aromatic carbocycles. The Morgan fingerprint density at radius 2 is 1.78 bits per heavy atom. The van der Waals surface area contributed by atoms with Crippen molar-refractivity contribution in [3.05, 3.63) is 57.2 Å². The van der Waals surface area contributed by atoms with Gasteiger partial charge in [-0.3, -0.25) is 10.1 Å². The normalized spacial score (nSPS) is 10.0. The summed E-state index contributed by atoms with van der Waals surface area (Å²) in [6.45, 7) is 3.99. The lowest BCUT2D eigenvalue weighted by molar-refractivity contribution is -0.121. The number of anilines is 1. The number of benzene rings is 2. The summed E-state index contributed by atoms with van der Waals surface area (Å²) >= 11 is 7.47. The van der Waals surface area contributed by atoms with Gasteiger partial charge in [0.2, 0.25) is 0 Å². The third-order valence-corrected chi connectivity index (χ3v) is 4.97. The van der Waals surface area contributed by atoms with E-state index in [0.29, 0.717) is 5.75 Å². The van der Waals surface area contributed by atoms with E-state index < -0.39 is 0 Å². The summed E-state index contributed by atoms with van der Waals surface area (Å²) in [7, 11) is 0. The highest BCUT2D eigenvalue weighted by molar-refractivity contribution is 14.1. The molecule has 0 aliphatic heterocycles. The maximum atomic E-state index is 11.8. The summed E-state index contributed by atoms with van der Waals surface area (Å²) in [5, 5.41) is 5.88. The molecule has 0 aliphatic rings. The third kappa shape index (κ3) is 5.47. The van der Waals surface area contributed by atoms with Crippen LogP contribution in [0.3, 0.4) is 0 Å². The SMILES string of the molecule is Cc1cc(NC(=S)NC(=O)COc2ccccc2)cc(C)c1I. The molecular weight excluding hydrogens is 423 g/mol. The number of nitrogens with one attached hydrogen (secondary N) is 2. The Kier molecular flexibility index (Phi) is 6.35. The van der Waals surface area contributed by atoms with E-state index in [1.165, 1.54) is 3.57 Å². The molecule has 120 valence electrons. The van der Waals surface area contributed by atoms with E-state index in [1.54, 1.807) is 12.1 Å². The molecule has 0 saturated heterocycles. The second-order valence-electron chi connectivity index (χ2n) is 5.03. The fraction of sp³-hybridized carbons (Fsp3) is 0.176. The predicted octanol–water partition coefficient (Wildman–Crippen LogP) is 3.80. The molecule has 0 radical (unpaired) electrons. The van der Waals surface area contributed by atoms with E-state index in [2.05, 4.69) is 33.2 Å². The summed E-state index contributed by atoms with van der Waals surface area (Å²) in [4.78, 5) is 11.8. The molecule has 2 aromatic rings. The van der Waals surface area contributed by atoms with Crippen molar-refractivity contribution in [3.63, 3.8) is 0 Å². The number of rotatable bonds is 4. The quantitative estimate of drug-likeness (QED) is 0.561. The molecule has 0 spiro atoms. The van der Waals surface area contributed by atoms with Gasteiger partial charge in [-0.2, -0.15) is 0 Å². The second kappa shape index (κ2) is 8.26. The molecule has 0 atom stereocenters. The topological polar surface area (TPSA) is 50.4 Å². The van der Waals surface area contributed by atoms with Crippen LogP contribution in [0.5, 0.6) is 5.75 Å². The number of thiocarbonyl (C=S) groups is 1. The Labute approximate surface area is 154 Å². The van der Waals surface area contributed by atoms with Crippen LogP contribution in [0.4, 0.5) is 5.69 Å². The minimum atomic E-state index is -0.301. The van der Waals surface area contributed by atoms with Gasteiger partial charge in [-0.1, -0.05) is 18.2 Å². The summed E-state index contributed by atoms with van der Waals surface area (Å²) in [5.74, 6) is 0.343. The summed E-state index contributed by atoms with van der Waals surface area (Å²) < 4.78 is 6.59. The van der Waals surface area contributed by atoms with Crippen LogP contribution >= 0.6 is 34.8 Å². The van der Waals surface area contributed by atoms with Crippen molar-refractivity contribution in [3.8, 4) is 5.75 Å². The molecule has 6 heteroatoms. The summed E-state index contributed by atoms with van der Waals surface area (Å²) in [6, 6.07) is 13.2. The lowest BCUT2D eigenvalue weighted by atomic mass is 10.1. The first kappa shape index (κ1) is 17.7. The van der Waals surface area contributed by atoms with Crippen LogP contribution in [0, 0.1) is 17.4 Å². The molecule has 0 saturated carbocycles. The number of hydrogen-bond acceptors (Lipinski definition) is 3. The van der Waals surface area contributed by atoms with E-state index in [0.717, 1.165) is 16.8 Å². The lowest BCUT2D eigenvalue weighted by Gasteiger charge is -2.12. The highest BCUT2D eigenvalue weighted by atomic mass is 127. The van der Waals surface area contributed by atoms with Gasteiger partial charge in [-0.05, 0) is 84.0 Å². The van der Waals surface area contributed by atoms with Crippen LogP contribution in [-0.2, 0) is 4.79 Å². The minimum Gasteiger partial charge on any atom is -0.484 e. The lowest BCUT2D eigenvalue weighted by Crippen LogP contribution is -2.37. The predicted molar refractivity (Wildman–Crippen MR) is 105 cm³/mol. The molecule has 4 nitrogen and oxygen atoms in total. The molecule has 1 amide bonds. The van der Waals surface area contributed by atoms with Crippen molar-refractivity contribution in [2.24, 2.45) is 0 Å². The Bertz CT molecular complexity index is 697. The van der Waals surface area contributed by atoms with Gasteiger partial charge < -0.3 is 10.1 Å². The smallest absolute Gasteiger partial charge is 0.264 e. The first-order valence-corrected chi connectivity index (χ1v) is 8.50. The fourth-order valence-electron chi connectivity index (χ4n) is 2.01. The van der Waals surface area contributed by atoms with E-state index in [9.17, 15) is 4.79 Å². The maximum Gasteiger partial charge on any atom is 0.264 e. The van der Waals surface area contributed by atoms with E-state index in [4.69, 9.17) is 17.0 Å². The molecule has 0 fully saturated rings. The maximum absolute atomic E-state index is 11.8. The van der Waals surface area contributed by atoms with Gasteiger partial charge in [0.1, 0.15) is 5.75 Å². The molecule has 23 heavy (non-hydrogen) atoms. The second-order valence-corrected chi connectivity index (χ2v) is 6.52. The average Bonchev–Trinajstić information content (AvgIpc) is 2.51. The Morgan fingerprint density at radius 3 is 2.39 bits per heavy atom. The molecular formula is C17H17IN2O2S. The molecule has 0 bridgehead atoms. The van der Waals surface area contributed by atoms with Crippen LogP contribution < -0.4 is 15.4 Å². The van der Waals surface area contributed by atoms with Crippen molar-refractivity contribution < 1.29 is 9.53 Å².